The summed E-state index contributed by atoms with van der Waals surface area (Å²) in [6.07, 6.45) is 13.3. The number of hydrogen-bond donors (Lipinski definition) is 0. The van der Waals surface area contributed by atoms with Crippen molar-refractivity contribution >= 4 is 17.4 Å². The van der Waals surface area contributed by atoms with Crippen molar-refractivity contribution in [2.45, 2.75) is 6.42 Å². The maximum absolute atomic E-state index is 11.8. The first kappa shape index (κ1) is 11.8. The van der Waals surface area contributed by atoms with E-state index in [0.717, 1.165) is 11.5 Å². The van der Waals surface area contributed by atoms with E-state index in [9.17, 15) is 4.79 Å². The van der Waals surface area contributed by atoms with Crippen molar-refractivity contribution in [3.05, 3.63) is 65.5 Å². The van der Waals surface area contributed by atoms with Gasteiger partial charge in [-0.05, 0) is 30.7 Å². The lowest BCUT2D eigenvalue weighted by Gasteiger charge is -2.11. The monoisotopic (exact) mass is 245 g/mol. The third kappa shape index (κ3) is 3.14. The first-order valence-electron chi connectivity index (χ1n) is 5.42. The lowest BCUT2D eigenvalue weighted by atomic mass is 9.99. The predicted molar refractivity (Wildman–Crippen MR) is 68.9 cm³/mol. The molecule has 86 valence electrons. The summed E-state index contributed by atoms with van der Waals surface area (Å²) in [6, 6.07) is 3.50. The van der Waals surface area contributed by atoms with Gasteiger partial charge in [0.15, 0.2) is 5.78 Å². The SMILES string of the molecule is O=C(/C=C/C1CC=CC=C1Cl)c1cccnc1. The first-order chi connectivity index (χ1) is 8.27. The first-order valence-corrected chi connectivity index (χ1v) is 5.80. The summed E-state index contributed by atoms with van der Waals surface area (Å²) >= 11 is 6.05. The van der Waals surface area contributed by atoms with E-state index in [-0.39, 0.29) is 11.7 Å². The molecule has 1 unspecified atom stereocenters. The van der Waals surface area contributed by atoms with Gasteiger partial charge in [-0.15, -0.1) is 0 Å². The van der Waals surface area contributed by atoms with Gasteiger partial charge in [-0.2, -0.15) is 0 Å². The third-order valence-electron chi connectivity index (χ3n) is 2.56. The van der Waals surface area contributed by atoms with Gasteiger partial charge in [-0.1, -0.05) is 29.8 Å². The fraction of sp³-hybridized carbons (Fsp3) is 0.143. The molecule has 0 bridgehead atoms. The van der Waals surface area contributed by atoms with Crippen molar-refractivity contribution in [2.24, 2.45) is 5.92 Å². The van der Waals surface area contributed by atoms with Gasteiger partial charge in [0.2, 0.25) is 0 Å². The van der Waals surface area contributed by atoms with Crippen molar-refractivity contribution in [2.75, 3.05) is 0 Å². The summed E-state index contributed by atoms with van der Waals surface area (Å²) in [5.74, 6) is 0.0689. The Kier molecular flexibility index (Phi) is 3.89. The van der Waals surface area contributed by atoms with Crippen molar-refractivity contribution in [1.82, 2.24) is 4.98 Å². The smallest absolute Gasteiger partial charge is 0.187 e. The van der Waals surface area contributed by atoms with Crippen molar-refractivity contribution in [1.29, 1.82) is 0 Å². The molecule has 1 aliphatic carbocycles. The van der Waals surface area contributed by atoms with Crippen LogP contribution in [0.25, 0.3) is 0 Å². The largest absolute Gasteiger partial charge is 0.289 e. The molecule has 0 amide bonds. The second-order valence-electron chi connectivity index (χ2n) is 3.79. The number of carbonyl (C=O) groups excluding carboxylic acids is 1. The van der Waals surface area contributed by atoms with Gasteiger partial charge in [0.25, 0.3) is 0 Å². The summed E-state index contributed by atoms with van der Waals surface area (Å²) < 4.78 is 0. The van der Waals surface area contributed by atoms with Gasteiger partial charge < -0.3 is 0 Å². The third-order valence-corrected chi connectivity index (χ3v) is 2.97. The Hall–Kier alpha value is -1.67. The van der Waals surface area contributed by atoms with E-state index in [2.05, 4.69) is 4.98 Å². The zero-order chi connectivity index (χ0) is 12.1. The molecule has 1 aromatic rings. The number of rotatable bonds is 3. The average Bonchev–Trinajstić information content (AvgIpc) is 2.38. The lowest BCUT2D eigenvalue weighted by molar-refractivity contribution is 0.104. The second-order valence-corrected chi connectivity index (χ2v) is 4.22. The number of nitrogens with zero attached hydrogens (tertiary/aromatic N) is 1. The van der Waals surface area contributed by atoms with Gasteiger partial charge in [0.1, 0.15) is 0 Å². The van der Waals surface area contributed by atoms with Crippen molar-refractivity contribution < 1.29 is 4.79 Å². The molecule has 2 nitrogen and oxygen atoms in total. The molecule has 0 saturated heterocycles. The molecular weight excluding hydrogens is 234 g/mol. The summed E-state index contributed by atoms with van der Waals surface area (Å²) in [6.45, 7) is 0. The van der Waals surface area contributed by atoms with Gasteiger partial charge in [-0.3, -0.25) is 9.78 Å². The fourth-order valence-corrected chi connectivity index (χ4v) is 1.83. The minimum Gasteiger partial charge on any atom is -0.289 e. The van der Waals surface area contributed by atoms with Gasteiger partial charge in [0, 0.05) is 28.9 Å². The van der Waals surface area contributed by atoms with Gasteiger partial charge >= 0.3 is 0 Å². The normalized spacial score (nSPS) is 19.4. The van der Waals surface area contributed by atoms with Crippen LogP contribution in [0.15, 0.2) is 59.9 Å². The maximum Gasteiger partial charge on any atom is 0.187 e. The molecule has 3 heteroatoms. The summed E-state index contributed by atoms with van der Waals surface area (Å²) in [5, 5.41) is 0.766. The number of carbonyl (C=O) groups is 1. The highest BCUT2D eigenvalue weighted by atomic mass is 35.5. The maximum atomic E-state index is 11.8. The molecule has 0 N–H and O–H groups in total. The van der Waals surface area contributed by atoms with E-state index in [1.165, 1.54) is 0 Å². The van der Waals surface area contributed by atoms with Crippen LogP contribution in [0.4, 0.5) is 0 Å². The molecule has 1 heterocycles. The molecule has 2 rings (SSSR count). The van der Waals surface area contributed by atoms with Crippen molar-refractivity contribution in [3.63, 3.8) is 0 Å². The van der Waals surface area contributed by atoms with E-state index in [1.807, 2.05) is 24.3 Å². The molecular formula is C14H12ClNO. The molecule has 0 radical (unpaired) electrons. The van der Waals surface area contributed by atoms with Gasteiger partial charge in [-0.25, -0.2) is 0 Å². The summed E-state index contributed by atoms with van der Waals surface area (Å²) in [7, 11) is 0. The highest BCUT2D eigenvalue weighted by Gasteiger charge is 2.10. The summed E-state index contributed by atoms with van der Waals surface area (Å²) in [5.41, 5.74) is 0.593. The number of hydrogen-bond acceptors (Lipinski definition) is 2. The number of halogens is 1. The predicted octanol–water partition coefficient (Wildman–Crippen LogP) is 3.52. The lowest BCUT2D eigenvalue weighted by Crippen LogP contribution is -2.00. The molecule has 0 aliphatic heterocycles. The molecule has 1 aliphatic rings. The highest BCUT2D eigenvalue weighted by molar-refractivity contribution is 6.30. The van der Waals surface area contributed by atoms with Crippen LogP contribution in [0.5, 0.6) is 0 Å². The van der Waals surface area contributed by atoms with Crippen LogP contribution < -0.4 is 0 Å². The summed E-state index contributed by atoms with van der Waals surface area (Å²) in [4.78, 5) is 15.7. The average molecular weight is 246 g/mol. The van der Waals surface area contributed by atoms with Crippen LogP contribution in [-0.4, -0.2) is 10.8 Å². The minimum absolute atomic E-state index is 0.0443. The van der Waals surface area contributed by atoms with E-state index in [0.29, 0.717) is 5.56 Å². The Labute approximate surface area is 105 Å². The van der Waals surface area contributed by atoms with E-state index < -0.39 is 0 Å². The molecule has 0 saturated carbocycles. The Morgan fingerprint density at radius 3 is 3.12 bits per heavy atom. The second kappa shape index (κ2) is 5.60. The quantitative estimate of drug-likeness (QED) is 0.602. The Morgan fingerprint density at radius 2 is 2.41 bits per heavy atom. The van der Waals surface area contributed by atoms with E-state index >= 15 is 0 Å². The highest BCUT2D eigenvalue weighted by Crippen LogP contribution is 2.24. The molecule has 1 atom stereocenters. The standard InChI is InChI=1S/C14H12ClNO/c15-13-6-2-1-4-11(13)7-8-14(17)12-5-3-9-16-10-12/h1-3,5-11H,4H2/b8-7+. The number of pyridine rings is 1. The van der Waals surface area contributed by atoms with E-state index in [1.54, 1.807) is 30.6 Å². The van der Waals surface area contributed by atoms with Crippen LogP contribution >= 0.6 is 11.6 Å². The number of ketones is 1. The molecule has 0 aromatic carbocycles. The topological polar surface area (TPSA) is 30.0 Å². The minimum atomic E-state index is -0.0443. The zero-order valence-corrected chi connectivity index (χ0v) is 9.97. The Morgan fingerprint density at radius 1 is 1.53 bits per heavy atom. The van der Waals surface area contributed by atoms with Crippen LogP contribution in [-0.2, 0) is 0 Å². The molecule has 17 heavy (non-hydrogen) atoms. The molecule has 0 spiro atoms. The van der Waals surface area contributed by atoms with Crippen LogP contribution in [0.2, 0.25) is 0 Å². The van der Waals surface area contributed by atoms with Crippen LogP contribution in [0.3, 0.4) is 0 Å². The molecule has 0 fully saturated rings. The number of aromatic nitrogens is 1. The van der Waals surface area contributed by atoms with Crippen LogP contribution in [0.1, 0.15) is 16.8 Å². The fourth-order valence-electron chi connectivity index (χ4n) is 1.60. The number of allylic oxidation sites excluding steroid dienone is 6. The zero-order valence-electron chi connectivity index (χ0n) is 9.21. The van der Waals surface area contributed by atoms with Crippen molar-refractivity contribution in [3.8, 4) is 0 Å². The Balaban J connectivity index is 2.04. The van der Waals surface area contributed by atoms with E-state index in [4.69, 9.17) is 11.6 Å². The van der Waals surface area contributed by atoms with Gasteiger partial charge in [0.05, 0.1) is 0 Å². The molecule has 1 aromatic heterocycles. The van der Waals surface area contributed by atoms with Crippen LogP contribution in [0, 0.1) is 5.92 Å². The Bertz CT molecular complexity index is 488.